The third-order valence-corrected chi connectivity index (χ3v) is 8.96. The minimum atomic E-state index is -4.94. The van der Waals surface area contributed by atoms with Crippen molar-refractivity contribution in [1.82, 2.24) is 29.7 Å². The molecule has 0 unspecified atom stereocenters. The third-order valence-electron chi connectivity index (χ3n) is 8.96. The molecule has 0 aliphatic rings. The van der Waals surface area contributed by atoms with Gasteiger partial charge in [0.15, 0.2) is 0 Å². The number of carbonyl (C=O) groups excluding carboxylic acids is 2. The molecule has 0 radical (unpaired) electrons. The van der Waals surface area contributed by atoms with Crippen LogP contribution in [0.5, 0.6) is 0 Å². The fourth-order valence-corrected chi connectivity index (χ4v) is 6.05. The Balaban J connectivity index is 0.000000957. The Kier molecular flexibility index (Phi) is 35.7. The first-order valence-electron chi connectivity index (χ1n) is 21.3. The van der Waals surface area contributed by atoms with Gasteiger partial charge in [-0.1, -0.05) is 146 Å². The average Bonchev–Trinajstić information content (AvgIpc) is 3.36. The van der Waals surface area contributed by atoms with E-state index in [9.17, 15) is 19.8 Å². The molecular weight excluding hydrogens is 1100 g/mol. The zero-order chi connectivity index (χ0) is 52.5. The molecule has 0 aliphatic carbocycles. The molecule has 0 atom stereocenters. The van der Waals surface area contributed by atoms with Crippen molar-refractivity contribution in [2.75, 3.05) is 0 Å². The molecule has 4 heterocycles. The molecule has 4 aromatic carbocycles. The fourth-order valence-electron chi connectivity index (χ4n) is 6.05. The normalized spacial score (nSPS) is 10.1. The first-order valence-corrected chi connectivity index (χ1v) is 23.8. The molecule has 0 N–H and O–H groups in total. The number of pyridine rings is 4. The average molecular weight is 1150 g/mol. The maximum Gasteiger partial charge on any atom is 4.00 e. The Hall–Kier alpha value is -6.40. The van der Waals surface area contributed by atoms with Crippen LogP contribution in [-0.2, 0) is 78.9 Å². The Bertz CT molecular complexity index is 2260. The number of aromatic nitrogens is 4. The summed E-state index contributed by atoms with van der Waals surface area (Å²) in [7, 11) is -9.89. The van der Waals surface area contributed by atoms with Crippen molar-refractivity contribution in [3.63, 3.8) is 0 Å². The predicted molar refractivity (Wildman–Crippen MR) is 238 cm³/mol. The second-order valence-electron chi connectivity index (χ2n) is 14.6. The summed E-state index contributed by atoms with van der Waals surface area (Å²) in [6.07, 6.45) is 7.38. The minimum Gasteiger partial charge on any atom is -2.00 e. The number of hydrogen-bond acceptors (Lipinski definition) is 18. The zero-order valence-corrected chi connectivity index (χ0v) is 43.2. The Labute approximate surface area is 459 Å². The Morgan fingerprint density at radius 3 is 0.707 bits per heavy atom. The van der Waals surface area contributed by atoms with Crippen LogP contribution in [0.4, 0.5) is 0 Å². The molecule has 23 heteroatoms. The van der Waals surface area contributed by atoms with Gasteiger partial charge in [-0.05, 0) is 70.8 Å². The largest absolute Gasteiger partial charge is 4.00 e. The van der Waals surface area contributed by atoms with Crippen molar-refractivity contribution in [3.8, 4) is 0 Å². The topological polar surface area (TPSA) is 351 Å². The maximum absolute atomic E-state index is 10.1. The molecule has 0 bridgehead atoms. The minimum absolute atomic E-state index is 0. The summed E-state index contributed by atoms with van der Waals surface area (Å²) < 4.78 is 67.9. The molecule has 0 amide bonds. The van der Waals surface area contributed by atoms with Gasteiger partial charge in [-0.3, -0.25) is 29.7 Å². The molecule has 19 nitrogen and oxygen atoms in total. The molecule has 0 saturated heterocycles. The van der Waals surface area contributed by atoms with Gasteiger partial charge in [0.05, 0.1) is 34.7 Å². The molecule has 0 fully saturated rings. The Morgan fingerprint density at radius 1 is 0.333 bits per heavy atom. The second-order valence-corrected chi connectivity index (χ2v) is 16.1. The molecule has 0 saturated carbocycles. The summed E-state index contributed by atoms with van der Waals surface area (Å²) in [4.78, 5) is 42.7. The van der Waals surface area contributed by atoms with E-state index in [-0.39, 0.29) is 50.7 Å². The van der Waals surface area contributed by atoms with E-state index in [1.165, 1.54) is 35.4 Å². The molecule has 392 valence electrons. The number of rotatable bonds is 14. The van der Waals surface area contributed by atoms with Gasteiger partial charge in [-0.2, -0.15) is 0 Å². The van der Waals surface area contributed by atoms with Gasteiger partial charge in [0.2, 0.25) is 0 Å². The smallest absolute Gasteiger partial charge is 2.00 e. The third kappa shape index (κ3) is 36.2. The van der Waals surface area contributed by atoms with E-state index in [2.05, 4.69) is 103 Å². The van der Waals surface area contributed by atoms with E-state index >= 15 is 0 Å². The van der Waals surface area contributed by atoms with Crippen molar-refractivity contribution in [3.05, 3.63) is 264 Å². The van der Waals surface area contributed by atoms with Crippen molar-refractivity contribution in [1.29, 1.82) is 0 Å². The number of benzene rings is 4. The number of hydrogen-bond donors (Lipinski definition) is 0. The monoisotopic (exact) mass is 1150 g/mol. The van der Waals surface area contributed by atoms with E-state index in [1.807, 2.05) is 85.5 Å². The SMILES string of the molecule is O=C([O-])c1ccccc1.O=C([O-])c1ccccc1.[Fe+4].[Fe+4].[O-2].[O-][Cl+3]([O-])([O-])[O-].[O-][Cl+3]([O-])([O-])[O-].c1ccc(CN(Cc2ccccn2)Cc2ccccn2)cc1.c1ccc(CN(Cc2ccccn2)Cc2ccccn2)cc1. The first-order chi connectivity index (χ1) is 34.4. The van der Waals surface area contributed by atoms with Crippen LogP contribution >= 0.6 is 0 Å². The van der Waals surface area contributed by atoms with Gasteiger partial charge >= 0.3 is 34.1 Å². The first kappa shape index (κ1) is 68.6. The standard InChI is InChI=1S/2C19H19N3.2C7H6O2.2ClHO4.2Fe.O/c2*1-2-8-17(9-3-1)14-22(15-18-10-4-6-12-20-18)16-19-11-5-7-13-21-19;2*8-7(9)6-4-2-1-3-5-6;2*2-1(3,4)5;;;/h2*1-13H,14-16H2;2*1-5H,(H,8,9);2*(H,2,3,4,5);;;/q;;;;;;2*+4;-2/p-4. The number of nitrogens with zero attached hydrogens (tertiary/aromatic N) is 6. The molecular formula is C52H48Cl2Fe2N6O13+2. The van der Waals surface area contributed by atoms with Gasteiger partial charge in [0.1, 0.15) is 0 Å². The van der Waals surface area contributed by atoms with Crippen LogP contribution < -0.4 is 47.5 Å². The van der Waals surface area contributed by atoms with Gasteiger partial charge in [-0.25, -0.2) is 37.3 Å². The molecule has 0 aliphatic heterocycles. The van der Waals surface area contributed by atoms with E-state index in [1.54, 1.807) is 36.4 Å². The van der Waals surface area contributed by atoms with Crippen LogP contribution in [0.1, 0.15) is 54.6 Å². The van der Waals surface area contributed by atoms with Crippen molar-refractivity contribution in [2.24, 2.45) is 0 Å². The summed E-state index contributed by atoms with van der Waals surface area (Å²) >= 11 is 0. The van der Waals surface area contributed by atoms with Gasteiger partial charge in [-0.15, -0.1) is 20.5 Å². The summed E-state index contributed by atoms with van der Waals surface area (Å²) in [6.45, 7) is 5.01. The summed E-state index contributed by atoms with van der Waals surface area (Å²) in [6, 6.07) is 61.3. The van der Waals surface area contributed by atoms with Gasteiger partial charge in [0.25, 0.3) is 0 Å². The molecule has 8 rings (SSSR count). The Morgan fingerprint density at radius 2 is 0.533 bits per heavy atom. The second kappa shape index (κ2) is 39.1. The van der Waals surface area contributed by atoms with E-state index in [4.69, 9.17) is 37.3 Å². The number of halogens is 2. The summed E-state index contributed by atoms with van der Waals surface area (Å²) in [5.74, 6) is -2.26. The maximum atomic E-state index is 10.1. The van der Waals surface area contributed by atoms with Gasteiger partial charge < -0.3 is 25.3 Å². The van der Waals surface area contributed by atoms with E-state index < -0.39 is 32.4 Å². The van der Waals surface area contributed by atoms with Crippen LogP contribution in [0.15, 0.2) is 219 Å². The van der Waals surface area contributed by atoms with E-state index in [0.29, 0.717) is 0 Å². The molecule has 8 aromatic rings. The fraction of sp³-hybridized carbons (Fsp3) is 0.115. The van der Waals surface area contributed by atoms with Crippen LogP contribution in [0.3, 0.4) is 0 Å². The molecule has 75 heavy (non-hydrogen) atoms. The number of carbonyl (C=O) groups is 2. The van der Waals surface area contributed by atoms with Crippen LogP contribution in [0, 0.1) is 20.5 Å². The van der Waals surface area contributed by atoms with Crippen LogP contribution in [0.25, 0.3) is 0 Å². The molecule has 0 spiro atoms. The van der Waals surface area contributed by atoms with E-state index in [0.717, 1.165) is 62.0 Å². The van der Waals surface area contributed by atoms with Crippen LogP contribution in [-0.4, -0.2) is 41.7 Å². The predicted octanol–water partition coefficient (Wildman–Crippen LogP) is -2.18. The van der Waals surface area contributed by atoms with Gasteiger partial charge in [0, 0.05) is 64.1 Å². The molecule has 4 aromatic heterocycles. The number of carboxylic acid groups (broad SMARTS) is 2. The van der Waals surface area contributed by atoms with Crippen molar-refractivity contribution in [2.45, 2.75) is 39.3 Å². The quantitative estimate of drug-likeness (QED) is 0.105. The van der Waals surface area contributed by atoms with Crippen molar-refractivity contribution < 1.29 is 117 Å². The van der Waals surface area contributed by atoms with Crippen LogP contribution in [0.2, 0.25) is 0 Å². The summed E-state index contributed by atoms with van der Waals surface area (Å²) in [5, 5.41) is 20.2. The number of aromatic carboxylic acids is 2. The number of carboxylic acids is 2. The zero-order valence-electron chi connectivity index (χ0n) is 39.5. The summed E-state index contributed by atoms with van der Waals surface area (Å²) in [5.41, 5.74) is 7.35. The van der Waals surface area contributed by atoms with Crippen molar-refractivity contribution >= 4 is 11.9 Å².